The van der Waals surface area contributed by atoms with Crippen LogP contribution in [0.2, 0.25) is 0 Å². The summed E-state index contributed by atoms with van der Waals surface area (Å²) in [6, 6.07) is 4.28. The van der Waals surface area contributed by atoms with Crippen molar-refractivity contribution in [2.45, 2.75) is 59.0 Å². The third-order valence-electron chi connectivity index (χ3n) is 7.45. The molecule has 3 aliphatic rings. The molecule has 0 amide bonds. The van der Waals surface area contributed by atoms with Gasteiger partial charge in [0, 0.05) is 24.2 Å². The van der Waals surface area contributed by atoms with Crippen molar-refractivity contribution >= 4 is 11.6 Å². The van der Waals surface area contributed by atoms with Crippen LogP contribution in [0.5, 0.6) is 0 Å². The average Bonchev–Trinajstić information content (AvgIpc) is 3.25. The highest BCUT2D eigenvalue weighted by molar-refractivity contribution is 6.05. The fraction of sp³-hybridized carbons (Fsp3) is 0.462. The minimum absolute atomic E-state index is 0.0836. The summed E-state index contributed by atoms with van der Waals surface area (Å²) in [5.74, 6) is 0.185. The molecule has 2 aromatic carbocycles. The first-order valence-corrected chi connectivity index (χ1v) is 11.0. The molecule has 2 aromatic rings. The zero-order valence-corrected chi connectivity index (χ0v) is 17.9. The van der Waals surface area contributed by atoms with Gasteiger partial charge in [0.05, 0.1) is 18.6 Å². The quantitative estimate of drug-likeness (QED) is 0.842. The Labute approximate surface area is 177 Å². The van der Waals surface area contributed by atoms with Crippen molar-refractivity contribution in [1.82, 2.24) is 0 Å². The van der Waals surface area contributed by atoms with Crippen LogP contribution < -0.4 is 0 Å². The Hall–Kier alpha value is -2.30. The normalized spacial score (nSPS) is 22.3. The van der Waals surface area contributed by atoms with E-state index in [1.807, 2.05) is 6.92 Å². The first kappa shape index (κ1) is 19.7. The van der Waals surface area contributed by atoms with Gasteiger partial charge in [0.25, 0.3) is 0 Å². The Morgan fingerprint density at radius 2 is 1.80 bits per heavy atom. The predicted octanol–water partition coefficient (Wildman–Crippen LogP) is 3.94. The van der Waals surface area contributed by atoms with E-state index >= 15 is 0 Å². The number of hydrogen-bond acceptors (Lipinski definition) is 4. The van der Waals surface area contributed by atoms with Crippen molar-refractivity contribution in [3.05, 3.63) is 67.8 Å². The lowest BCUT2D eigenvalue weighted by atomic mass is 9.82. The van der Waals surface area contributed by atoms with E-state index in [0.717, 1.165) is 62.9 Å². The Kier molecular flexibility index (Phi) is 4.68. The number of rotatable bonds is 3. The highest BCUT2D eigenvalue weighted by Crippen LogP contribution is 2.45. The molecule has 0 unspecified atom stereocenters. The molecule has 0 aromatic heterocycles. The van der Waals surface area contributed by atoms with E-state index in [9.17, 15) is 14.7 Å². The fourth-order valence-corrected chi connectivity index (χ4v) is 6.08. The van der Waals surface area contributed by atoms with E-state index < -0.39 is 0 Å². The van der Waals surface area contributed by atoms with Crippen molar-refractivity contribution in [2.24, 2.45) is 5.92 Å². The summed E-state index contributed by atoms with van der Waals surface area (Å²) in [7, 11) is 0. The average molecular weight is 405 g/mol. The molecule has 2 aliphatic carbocycles. The van der Waals surface area contributed by atoms with Crippen LogP contribution in [-0.4, -0.2) is 29.9 Å². The predicted molar refractivity (Wildman–Crippen MR) is 114 cm³/mol. The second kappa shape index (κ2) is 7.14. The molecule has 0 saturated carbocycles. The number of ether oxygens (including phenoxy) is 1. The smallest absolute Gasteiger partial charge is 0.169 e. The maximum Gasteiger partial charge on any atom is 0.169 e. The van der Waals surface area contributed by atoms with E-state index in [1.165, 1.54) is 5.56 Å². The number of aliphatic hydroxyl groups is 1. The van der Waals surface area contributed by atoms with Crippen LogP contribution in [-0.2, 0) is 30.4 Å². The molecular formula is C26H28O4. The number of fused-ring (bicyclic) bond motifs is 3. The van der Waals surface area contributed by atoms with Gasteiger partial charge < -0.3 is 9.84 Å². The molecule has 2 atom stereocenters. The fourth-order valence-electron chi connectivity index (χ4n) is 6.08. The molecule has 0 radical (unpaired) electrons. The van der Waals surface area contributed by atoms with Crippen molar-refractivity contribution in [1.29, 1.82) is 0 Å². The number of carbonyl (C=O) groups is 2. The van der Waals surface area contributed by atoms with Crippen molar-refractivity contribution < 1.29 is 19.4 Å². The molecule has 30 heavy (non-hydrogen) atoms. The summed E-state index contributed by atoms with van der Waals surface area (Å²) in [6.07, 6.45) is 3.18. The Morgan fingerprint density at radius 3 is 2.57 bits per heavy atom. The Balaban J connectivity index is 1.57. The largest absolute Gasteiger partial charge is 0.396 e. The van der Waals surface area contributed by atoms with Crippen LogP contribution in [0, 0.1) is 26.7 Å². The van der Waals surface area contributed by atoms with Crippen LogP contribution in [0.1, 0.15) is 77.7 Å². The molecule has 0 fully saturated rings. The van der Waals surface area contributed by atoms with Gasteiger partial charge in [0.15, 0.2) is 11.6 Å². The molecular weight excluding hydrogens is 376 g/mol. The molecule has 1 N–H and O–H groups in total. The number of benzene rings is 2. The second-order valence-electron chi connectivity index (χ2n) is 9.05. The van der Waals surface area contributed by atoms with E-state index in [1.54, 1.807) is 0 Å². The number of ketones is 2. The first-order valence-electron chi connectivity index (χ1n) is 11.0. The zero-order valence-electron chi connectivity index (χ0n) is 17.9. The summed E-state index contributed by atoms with van der Waals surface area (Å²) < 4.78 is 6.23. The molecule has 4 nitrogen and oxygen atoms in total. The third-order valence-corrected chi connectivity index (χ3v) is 7.45. The van der Waals surface area contributed by atoms with Crippen molar-refractivity contribution in [2.75, 3.05) is 13.2 Å². The monoisotopic (exact) mass is 404 g/mol. The van der Waals surface area contributed by atoms with Gasteiger partial charge in [-0.25, -0.2) is 0 Å². The second-order valence-corrected chi connectivity index (χ2v) is 9.05. The number of carbonyl (C=O) groups excluding carboxylic acids is 2. The summed E-state index contributed by atoms with van der Waals surface area (Å²) in [6.45, 7) is 6.80. The Bertz CT molecular complexity index is 1100. The lowest BCUT2D eigenvalue weighted by molar-refractivity contribution is 0.00680. The number of aryl methyl sites for hydroxylation is 2. The molecule has 4 heteroatoms. The maximum absolute atomic E-state index is 13.6. The lowest BCUT2D eigenvalue weighted by Crippen LogP contribution is -2.28. The molecule has 1 aliphatic heterocycles. The third kappa shape index (κ3) is 2.74. The molecule has 5 rings (SSSR count). The standard InChI is InChI=1S/C26H28O4/c1-13-10-17-12-21(25(29)24(17)14(2)18(13)6-8-27)26-20-11-16-4-5-22(28)23(16)15(3)19(20)7-9-30-26/h10-11,21,26-27H,4-9,12H2,1-3H3/t21-,26-/m0/s1. The maximum atomic E-state index is 13.6. The minimum atomic E-state index is -0.255. The van der Waals surface area contributed by atoms with E-state index in [4.69, 9.17) is 4.74 Å². The summed E-state index contributed by atoms with van der Waals surface area (Å²) in [5, 5.41) is 9.44. The summed E-state index contributed by atoms with van der Waals surface area (Å²) in [5.41, 5.74) is 10.6. The van der Waals surface area contributed by atoms with Gasteiger partial charge in [-0.15, -0.1) is 0 Å². The lowest BCUT2D eigenvalue weighted by Gasteiger charge is -2.31. The summed E-state index contributed by atoms with van der Waals surface area (Å²) in [4.78, 5) is 25.9. The van der Waals surface area contributed by atoms with Crippen LogP contribution in [0.25, 0.3) is 0 Å². The number of Topliss-reactive ketones (excluding diaryl/α,β-unsaturated/α-hetero) is 2. The van der Waals surface area contributed by atoms with Crippen molar-refractivity contribution in [3.8, 4) is 0 Å². The van der Waals surface area contributed by atoms with Crippen LogP contribution >= 0.6 is 0 Å². The van der Waals surface area contributed by atoms with Gasteiger partial charge in [-0.3, -0.25) is 9.59 Å². The molecule has 0 bridgehead atoms. The molecule has 156 valence electrons. The van der Waals surface area contributed by atoms with Gasteiger partial charge in [-0.1, -0.05) is 12.1 Å². The molecule has 0 saturated heterocycles. The van der Waals surface area contributed by atoms with E-state index in [0.29, 0.717) is 25.9 Å². The number of hydrogen-bond donors (Lipinski definition) is 1. The summed E-state index contributed by atoms with van der Waals surface area (Å²) >= 11 is 0. The minimum Gasteiger partial charge on any atom is -0.396 e. The van der Waals surface area contributed by atoms with Gasteiger partial charge >= 0.3 is 0 Å². The highest BCUT2D eigenvalue weighted by Gasteiger charge is 2.42. The van der Waals surface area contributed by atoms with Gasteiger partial charge in [-0.2, -0.15) is 0 Å². The first-order chi connectivity index (χ1) is 14.4. The van der Waals surface area contributed by atoms with Crippen LogP contribution in [0.4, 0.5) is 0 Å². The van der Waals surface area contributed by atoms with E-state index in [2.05, 4.69) is 26.0 Å². The van der Waals surface area contributed by atoms with Gasteiger partial charge in [0.1, 0.15) is 0 Å². The molecule has 0 spiro atoms. The van der Waals surface area contributed by atoms with E-state index in [-0.39, 0.29) is 30.2 Å². The molecule has 1 heterocycles. The SMILES string of the molecule is Cc1cc2c(c(C)c1CCO)C(=O)[C@@H]([C@H]1OCCc3c1cc1c(c3C)C(=O)CC1)C2. The van der Waals surface area contributed by atoms with Crippen LogP contribution in [0.15, 0.2) is 12.1 Å². The topological polar surface area (TPSA) is 63.6 Å². The van der Waals surface area contributed by atoms with Crippen molar-refractivity contribution in [3.63, 3.8) is 0 Å². The number of aliphatic hydroxyl groups excluding tert-OH is 1. The zero-order chi connectivity index (χ0) is 21.2. The van der Waals surface area contributed by atoms with Gasteiger partial charge in [0.2, 0.25) is 0 Å². The highest BCUT2D eigenvalue weighted by atomic mass is 16.5. The van der Waals surface area contributed by atoms with Crippen LogP contribution in [0.3, 0.4) is 0 Å². The van der Waals surface area contributed by atoms with Gasteiger partial charge in [-0.05, 0) is 91.0 Å². The Morgan fingerprint density at radius 1 is 1.00 bits per heavy atom.